The third-order valence-corrected chi connectivity index (χ3v) is 6.16. The van der Waals surface area contributed by atoms with Crippen molar-refractivity contribution in [1.29, 1.82) is 0 Å². The molecule has 1 aromatic carbocycles. The zero-order chi connectivity index (χ0) is 24.6. The van der Waals surface area contributed by atoms with Crippen molar-refractivity contribution in [3.63, 3.8) is 0 Å². The Morgan fingerprint density at radius 3 is 2.62 bits per heavy atom. The molecule has 3 aromatic heterocycles. The van der Waals surface area contributed by atoms with Crippen LogP contribution >= 0.6 is 0 Å². The van der Waals surface area contributed by atoms with E-state index >= 15 is 0 Å². The van der Waals surface area contributed by atoms with E-state index < -0.39 is 0 Å². The van der Waals surface area contributed by atoms with E-state index in [0.717, 1.165) is 57.7 Å². The molecule has 0 unspecified atom stereocenters. The van der Waals surface area contributed by atoms with Gasteiger partial charge in [-0.05, 0) is 68.8 Å². The average molecular weight is 461 g/mol. The summed E-state index contributed by atoms with van der Waals surface area (Å²) in [5, 5.41) is 4.11. The Morgan fingerprint density at radius 1 is 1.15 bits per heavy atom. The highest BCUT2D eigenvalue weighted by atomic mass is 16.1. The molecule has 0 saturated carbocycles. The van der Waals surface area contributed by atoms with Gasteiger partial charge in [0.1, 0.15) is 17.0 Å². The number of hydrogen-bond donors (Lipinski definition) is 2. The highest BCUT2D eigenvalue weighted by molar-refractivity contribution is 5.98. The Kier molecular flexibility index (Phi) is 6.49. The topological polar surface area (TPSA) is 78.8 Å². The van der Waals surface area contributed by atoms with Gasteiger partial charge >= 0.3 is 0 Å². The first-order chi connectivity index (χ1) is 16.1. The summed E-state index contributed by atoms with van der Waals surface area (Å²) < 4.78 is 2.21. The standard InChI is InChI=1S/C27H36N6O/c1-8-23-31-24-17(2)11-18(3)29-25(24)33(23)14-19-9-10-21-20(12-19)13-22(30-21)26(34)28-15-27(4,5)16-32(6)7/h9-13,30H,8,14-16H2,1-7H3,(H,28,34). The molecule has 0 spiro atoms. The molecule has 7 heteroatoms. The quantitative estimate of drug-likeness (QED) is 0.407. The zero-order valence-electron chi connectivity index (χ0n) is 21.4. The van der Waals surface area contributed by atoms with E-state index in [2.05, 4.69) is 65.7 Å². The van der Waals surface area contributed by atoms with Crippen LogP contribution in [0.4, 0.5) is 0 Å². The SMILES string of the molecule is CCc1nc2c(C)cc(C)nc2n1Cc1ccc2[nH]c(C(=O)NCC(C)(C)CN(C)C)cc2c1. The van der Waals surface area contributed by atoms with Crippen LogP contribution in [0.3, 0.4) is 0 Å². The number of aromatic amines is 1. The summed E-state index contributed by atoms with van der Waals surface area (Å²) >= 11 is 0. The molecule has 1 amide bonds. The Hall–Kier alpha value is -3.19. The van der Waals surface area contributed by atoms with Gasteiger partial charge in [-0.1, -0.05) is 26.8 Å². The third-order valence-electron chi connectivity index (χ3n) is 6.16. The molecule has 0 radical (unpaired) electrons. The van der Waals surface area contributed by atoms with E-state index in [-0.39, 0.29) is 11.3 Å². The van der Waals surface area contributed by atoms with Crippen molar-refractivity contribution >= 4 is 28.0 Å². The number of aromatic nitrogens is 4. The lowest BCUT2D eigenvalue weighted by Crippen LogP contribution is -2.40. The number of amides is 1. The van der Waals surface area contributed by atoms with Crippen molar-refractivity contribution in [2.24, 2.45) is 5.41 Å². The summed E-state index contributed by atoms with van der Waals surface area (Å²) in [6, 6.07) is 10.3. The lowest BCUT2D eigenvalue weighted by Gasteiger charge is -2.28. The van der Waals surface area contributed by atoms with Gasteiger partial charge in [0.2, 0.25) is 0 Å². The molecule has 0 aliphatic carbocycles. The van der Waals surface area contributed by atoms with Gasteiger partial charge in [-0.25, -0.2) is 9.97 Å². The maximum atomic E-state index is 12.8. The monoisotopic (exact) mass is 460 g/mol. The molecule has 0 fully saturated rings. The number of benzene rings is 1. The molecule has 0 saturated heterocycles. The van der Waals surface area contributed by atoms with Crippen molar-refractivity contribution in [2.45, 2.75) is 47.6 Å². The van der Waals surface area contributed by atoms with Crippen molar-refractivity contribution in [1.82, 2.24) is 29.7 Å². The van der Waals surface area contributed by atoms with Crippen LogP contribution in [0.15, 0.2) is 30.3 Å². The molecular weight excluding hydrogens is 424 g/mol. The van der Waals surface area contributed by atoms with Crippen LogP contribution in [-0.4, -0.2) is 57.5 Å². The van der Waals surface area contributed by atoms with Crippen LogP contribution in [0.25, 0.3) is 22.1 Å². The zero-order valence-corrected chi connectivity index (χ0v) is 21.4. The van der Waals surface area contributed by atoms with Gasteiger partial charge in [0, 0.05) is 36.1 Å². The molecule has 3 heterocycles. The summed E-state index contributed by atoms with van der Waals surface area (Å²) in [6.07, 6.45) is 0.843. The van der Waals surface area contributed by atoms with E-state index in [9.17, 15) is 4.79 Å². The van der Waals surface area contributed by atoms with Gasteiger partial charge < -0.3 is 19.8 Å². The first kappa shape index (κ1) is 24.0. The highest BCUT2D eigenvalue weighted by Crippen LogP contribution is 2.23. The van der Waals surface area contributed by atoms with E-state index in [1.54, 1.807) is 0 Å². The minimum atomic E-state index is -0.0754. The smallest absolute Gasteiger partial charge is 0.267 e. The number of pyridine rings is 1. The van der Waals surface area contributed by atoms with Crippen LogP contribution in [0, 0.1) is 19.3 Å². The van der Waals surface area contributed by atoms with Crippen molar-refractivity contribution in [3.05, 3.63) is 58.7 Å². The van der Waals surface area contributed by atoms with E-state index in [4.69, 9.17) is 9.97 Å². The summed E-state index contributed by atoms with van der Waals surface area (Å²) in [5.74, 6) is 0.958. The van der Waals surface area contributed by atoms with Gasteiger partial charge in [0.25, 0.3) is 5.91 Å². The Balaban J connectivity index is 1.57. The lowest BCUT2D eigenvalue weighted by atomic mass is 9.93. The predicted molar refractivity (Wildman–Crippen MR) is 138 cm³/mol. The maximum absolute atomic E-state index is 12.8. The predicted octanol–water partition coefficient (Wildman–Crippen LogP) is 4.46. The number of rotatable bonds is 8. The van der Waals surface area contributed by atoms with Crippen LogP contribution in [0.2, 0.25) is 0 Å². The van der Waals surface area contributed by atoms with Gasteiger partial charge in [-0.3, -0.25) is 4.79 Å². The van der Waals surface area contributed by atoms with Crippen LogP contribution in [0.5, 0.6) is 0 Å². The summed E-state index contributed by atoms with van der Waals surface area (Å²) in [7, 11) is 4.10. The Labute approximate surface area is 201 Å². The molecule has 0 bridgehead atoms. The molecule has 34 heavy (non-hydrogen) atoms. The first-order valence-corrected chi connectivity index (χ1v) is 11.9. The highest BCUT2D eigenvalue weighted by Gasteiger charge is 2.21. The normalized spacial score (nSPS) is 12.2. The van der Waals surface area contributed by atoms with E-state index in [1.807, 2.05) is 33.2 Å². The summed E-state index contributed by atoms with van der Waals surface area (Å²) in [4.78, 5) is 27.9. The third kappa shape index (κ3) is 4.99. The average Bonchev–Trinajstić information content (AvgIpc) is 3.33. The number of nitrogens with zero attached hydrogens (tertiary/aromatic N) is 4. The van der Waals surface area contributed by atoms with Crippen molar-refractivity contribution in [3.8, 4) is 0 Å². The number of fused-ring (bicyclic) bond motifs is 2. The van der Waals surface area contributed by atoms with Gasteiger partial charge in [0.05, 0.1) is 6.54 Å². The molecule has 180 valence electrons. The van der Waals surface area contributed by atoms with E-state index in [0.29, 0.717) is 18.8 Å². The number of hydrogen-bond acceptors (Lipinski definition) is 4. The Morgan fingerprint density at radius 2 is 1.91 bits per heavy atom. The molecular formula is C27H36N6O. The number of nitrogens with one attached hydrogen (secondary N) is 2. The first-order valence-electron chi connectivity index (χ1n) is 11.9. The number of carbonyl (C=O) groups is 1. The second-order valence-corrected chi connectivity index (χ2v) is 10.4. The lowest BCUT2D eigenvalue weighted by molar-refractivity contribution is 0.0925. The molecule has 2 N–H and O–H groups in total. The molecule has 0 aliphatic rings. The summed E-state index contributed by atoms with van der Waals surface area (Å²) in [5.41, 5.74) is 6.75. The fourth-order valence-corrected chi connectivity index (χ4v) is 4.80. The second-order valence-electron chi connectivity index (χ2n) is 10.4. The van der Waals surface area contributed by atoms with Gasteiger partial charge in [-0.15, -0.1) is 0 Å². The van der Waals surface area contributed by atoms with Crippen LogP contribution < -0.4 is 5.32 Å². The van der Waals surface area contributed by atoms with Crippen molar-refractivity contribution in [2.75, 3.05) is 27.2 Å². The Bertz CT molecular complexity index is 1340. The fraction of sp³-hybridized carbons (Fsp3) is 0.444. The van der Waals surface area contributed by atoms with E-state index in [1.165, 1.54) is 0 Å². The molecule has 4 aromatic rings. The van der Waals surface area contributed by atoms with Crippen molar-refractivity contribution < 1.29 is 4.79 Å². The minimum absolute atomic E-state index is 0.00630. The number of imidazole rings is 1. The number of aryl methyl sites for hydroxylation is 3. The number of H-pyrrole nitrogens is 1. The molecule has 0 atom stereocenters. The molecule has 7 nitrogen and oxygen atoms in total. The fourth-order valence-electron chi connectivity index (χ4n) is 4.80. The van der Waals surface area contributed by atoms with Crippen LogP contribution in [0.1, 0.15) is 53.9 Å². The maximum Gasteiger partial charge on any atom is 0.267 e. The second kappa shape index (κ2) is 9.22. The minimum Gasteiger partial charge on any atom is -0.351 e. The molecule has 4 rings (SSSR count). The molecule has 0 aliphatic heterocycles. The van der Waals surface area contributed by atoms with Crippen LogP contribution in [-0.2, 0) is 13.0 Å². The van der Waals surface area contributed by atoms with Gasteiger partial charge in [0.15, 0.2) is 5.65 Å². The summed E-state index contributed by atoms with van der Waals surface area (Å²) in [6.45, 7) is 12.8. The van der Waals surface area contributed by atoms with Gasteiger partial charge in [-0.2, -0.15) is 0 Å². The largest absolute Gasteiger partial charge is 0.351 e. The number of carbonyl (C=O) groups excluding carboxylic acids is 1.